The van der Waals surface area contributed by atoms with Gasteiger partial charge in [0, 0.05) is 45.2 Å². The Bertz CT molecular complexity index is 291. The van der Waals surface area contributed by atoms with Crippen LogP contribution < -0.4 is 10.6 Å². The molecule has 4 nitrogen and oxygen atoms in total. The molecule has 2 N–H and O–H groups in total. The maximum absolute atomic E-state index is 4.94. The van der Waals surface area contributed by atoms with Gasteiger partial charge in [-0.15, -0.1) is 0 Å². The topological polar surface area (TPSA) is 46.2 Å². The number of nitrogens with zero attached hydrogens (tertiary/aromatic N) is 1. The highest BCUT2D eigenvalue weighted by molar-refractivity contribution is 5.14. The molecule has 0 amide bonds. The number of hydrogen-bond donors (Lipinski definition) is 2. The number of methoxy groups -OCH3 is 1. The molecule has 0 spiro atoms. The van der Waals surface area contributed by atoms with Crippen molar-refractivity contribution in [3.63, 3.8) is 0 Å². The van der Waals surface area contributed by atoms with Gasteiger partial charge in [0.05, 0.1) is 6.61 Å². The van der Waals surface area contributed by atoms with E-state index in [2.05, 4.69) is 21.7 Å². The zero-order chi connectivity index (χ0) is 11.6. The van der Waals surface area contributed by atoms with Crippen molar-refractivity contribution in [2.45, 2.75) is 13.5 Å². The molecule has 0 bridgehead atoms. The van der Waals surface area contributed by atoms with Crippen LogP contribution in [0.25, 0.3) is 0 Å². The van der Waals surface area contributed by atoms with Gasteiger partial charge in [0.25, 0.3) is 0 Å². The predicted molar refractivity (Wildman–Crippen MR) is 65.4 cm³/mol. The van der Waals surface area contributed by atoms with E-state index in [9.17, 15) is 0 Å². The molecule has 0 aromatic carbocycles. The standard InChI is InChI=1S/C12H21N3O/c1-11-9-12(3-4-15-11)10-14-6-5-13-7-8-16-2/h3-4,9,13-14H,5-8,10H2,1-2H3. The van der Waals surface area contributed by atoms with E-state index >= 15 is 0 Å². The molecule has 0 fully saturated rings. The van der Waals surface area contributed by atoms with Gasteiger partial charge in [-0.05, 0) is 24.6 Å². The Morgan fingerprint density at radius 3 is 2.81 bits per heavy atom. The Morgan fingerprint density at radius 2 is 2.06 bits per heavy atom. The Morgan fingerprint density at radius 1 is 1.25 bits per heavy atom. The fraction of sp³-hybridized carbons (Fsp3) is 0.583. The molecule has 0 saturated carbocycles. The molecule has 1 heterocycles. The van der Waals surface area contributed by atoms with E-state index in [0.29, 0.717) is 0 Å². The zero-order valence-corrected chi connectivity index (χ0v) is 10.1. The lowest BCUT2D eigenvalue weighted by molar-refractivity contribution is 0.199. The monoisotopic (exact) mass is 223 g/mol. The van der Waals surface area contributed by atoms with Crippen molar-refractivity contribution in [3.8, 4) is 0 Å². The van der Waals surface area contributed by atoms with Gasteiger partial charge in [0.2, 0.25) is 0 Å². The average Bonchev–Trinajstić information content (AvgIpc) is 2.28. The number of aromatic nitrogens is 1. The number of ether oxygens (including phenoxy) is 1. The van der Waals surface area contributed by atoms with Crippen molar-refractivity contribution in [2.24, 2.45) is 0 Å². The number of aryl methyl sites for hydroxylation is 1. The fourth-order valence-electron chi connectivity index (χ4n) is 1.42. The minimum absolute atomic E-state index is 0.767. The van der Waals surface area contributed by atoms with Gasteiger partial charge in [-0.2, -0.15) is 0 Å². The van der Waals surface area contributed by atoms with E-state index < -0.39 is 0 Å². The molecule has 0 atom stereocenters. The Labute approximate surface area is 97.4 Å². The number of hydrogen-bond acceptors (Lipinski definition) is 4. The summed E-state index contributed by atoms with van der Waals surface area (Å²) in [4.78, 5) is 4.16. The zero-order valence-electron chi connectivity index (χ0n) is 10.1. The summed E-state index contributed by atoms with van der Waals surface area (Å²) in [6.07, 6.45) is 1.85. The van der Waals surface area contributed by atoms with Crippen LogP contribution in [0.3, 0.4) is 0 Å². The molecular weight excluding hydrogens is 202 g/mol. The van der Waals surface area contributed by atoms with Crippen LogP contribution in [0.5, 0.6) is 0 Å². The van der Waals surface area contributed by atoms with Crippen LogP contribution in [0.15, 0.2) is 18.3 Å². The van der Waals surface area contributed by atoms with Crippen LogP contribution in [0, 0.1) is 6.92 Å². The number of rotatable bonds is 8. The van der Waals surface area contributed by atoms with E-state index in [1.165, 1.54) is 5.56 Å². The lowest BCUT2D eigenvalue weighted by Gasteiger charge is -2.06. The first-order chi connectivity index (χ1) is 7.83. The number of pyridine rings is 1. The molecule has 1 aromatic heterocycles. The van der Waals surface area contributed by atoms with Gasteiger partial charge >= 0.3 is 0 Å². The van der Waals surface area contributed by atoms with Crippen LogP contribution in [0.2, 0.25) is 0 Å². The molecule has 0 unspecified atom stereocenters. The number of nitrogens with one attached hydrogen (secondary N) is 2. The molecule has 0 radical (unpaired) electrons. The molecule has 16 heavy (non-hydrogen) atoms. The van der Waals surface area contributed by atoms with Crippen LogP contribution in [0.1, 0.15) is 11.3 Å². The van der Waals surface area contributed by atoms with Crippen LogP contribution >= 0.6 is 0 Å². The van der Waals surface area contributed by atoms with Crippen LogP contribution in [-0.2, 0) is 11.3 Å². The van der Waals surface area contributed by atoms with E-state index in [4.69, 9.17) is 4.74 Å². The van der Waals surface area contributed by atoms with E-state index in [1.54, 1.807) is 7.11 Å². The van der Waals surface area contributed by atoms with Gasteiger partial charge in [-0.1, -0.05) is 0 Å². The highest BCUT2D eigenvalue weighted by atomic mass is 16.5. The maximum Gasteiger partial charge on any atom is 0.0587 e. The molecular formula is C12H21N3O. The summed E-state index contributed by atoms with van der Waals surface area (Å²) in [5.74, 6) is 0. The largest absolute Gasteiger partial charge is 0.383 e. The summed E-state index contributed by atoms with van der Waals surface area (Å²) in [7, 11) is 1.71. The van der Waals surface area contributed by atoms with Crippen LogP contribution in [0.4, 0.5) is 0 Å². The van der Waals surface area contributed by atoms with Crippen molar-refractivity contribution in [1.82, 2.24) is 15.6 Å². The van der Waals surface area contributed by atoms with E-state index in [1.807, 2.05) is 19.2 Å². The third-order valence-electron chi connectivity index (χ3n) is 2.25. The second kappa shape index (κ2) is 8.21. The SMILES string of the molecule is COCCNCCNCc1ccnc(C)c1. The second-order valence-corrected chi connectivity index (χ2v) is 3.73. The molecule has 4 heteroatoms. The predicted octanol–water partition coefficient (Wildman–Crippen LogP) is 0.716. The van der Waals surface area contributed by atoms with Crippen molar-refractivity contribution in [3.05, 3.63) is 29.6 Å². The lowest BCUT2D eigenvalue weighted by atomic mass is 10.2. The molecule has 1 aromatic rings. The second-order valence-electron chi connectivity index (χ2n) is 3.73. The Balaban J connectivity index is 2.03. The maximum atomic E-state index is 4.94. The third kappa shape index (κ3) is 5.80. The molecule has 90 valence electrons. The first-order valence-corrected chi connectivity index (χ1v) is 5.65. The van der Waals surface area contributed by atoms with Crippen LogP contribution in [-0.4, -0.2) is 38.3 Å². The van der Waals surface area contributed by atoms with Crippen molar-refractivity contribution < 1.29 is 4.74 Å². The summed E-state index contributed by atoms with van der Waals surface area (Å²) >= 11 is 0. The molecule has 0 aliphatic rings. The van der Waals surface area contributed by atoms with E-state index in [-0.39, 0.29) is 0 Å². The Hall–Kier alpha value is -0.970. The highest BCUT2D eigenvalue weighted by Gasteiger charge is 1.93. The van der Waals surface area contributed by atoms with E-state index in [0.717, 1.165) is 38.5 Å². The smallest absolute Gasteiger partial charge is 0.0587 e. The first-order valence-electron chi connectivity index (χ1n) is 5.65. The van der Waals surface area contributed by atoms with Gasteiger partial charge in [0.1, 0.15) is 0 Å². The first kappa shape index (κ1) is 13.1. The summed E-state index contributed by atoms with van der Waals surface area (Å²) in [6.45, 7) is 6.51. The van der Waals surface area contributed by atoms with Gasteiger partial charge in [0.15, 0.2) is 0 Å². The molecule has 0 saturated heterocycles. The summed E-state index contributed by atoms with van der Waals surface area (Å²) in [5, 5.41) is 6.66. The molecule has 0 aliphatic heterocycles. The average molecular weight is 223 g/mol. The summed E-state index contributed by atoms with van der Waals surface area (Å²) in [6, 6.07) is 4.14. The quantitative estimate of drug-likeness (QED) is 0.637. The van der Waals surface area contributed by atoms with Crippen molar-refractivity contribution in [2.75, 3.05) is 33.4 Å². The molecule has 1 rings (SSSR count). The third-order valence-corrected chi connectivity index (χ3v) is 2.25. The fourth-order valence-corrected chi connectivity index (χ4v) is 1.42. The molecule has 0 aliphatic carbocycles. The lowest BCUT2D eigenvalue weighted by Crippen LogP contribution is -2.29. The van der Waals surface area contributed by atoms with Gasteiger partial charge < -0.3 is 15.4 Å². The van der Waals surface area contributed by atoms with Crippen molar-refractivity contribution in [1.29, 1.82) is 0 Å². The minimum atomic E-state index is 0.767. The normalized spacial score (nSPS) is 10.6. The summed E-state index contributed by atoms with van der Waals surface area (Å²) < 4.78 is 4.94. The minimum Gasteiger partial charge on any atom is -0.383 e. The van der Waals surface area contributed by atoms with Crippen molar-refractivity contribution >= 4 is 0 Å². The Kier molecular flexibility index (Phi) is 6.72. The van der Waals surface area contributed by atoms with Gasteiger partial charge in [-0.25, -0.2) is 0 Å². The summed E-state index contributed by atoms with van der Waals surface area (Å²) in [5.41, 5.74) is 2.35. The highest BCUT2D eigenvalue weighted by Crippen LogP contribution is 1.99. The van der Waals surface area contributed by atoms with Gasteiger partial charge in [-0.3, -0.25) is 4.98 Å².